The molecule has 0 aliphatic heterocycles. The number of hydrogen-bond donors (Lipinski definition) is 0. The molecule has 4 nitrogen and oxygen atoms in total. The largest absolute Gasteiger partial charge is 0.309 e. The fourth-order valence-electron chi connectivity index (χ4n) is 7.43. The Morgan fingerprint density at radius 2 is 1.10 bits per heavy atom. The maximum Gasteiger partial charge on any atom is 0.235 e. The van der Waals surface area contributed by atoms with Gasteiger partial charge in [-0.05, 0) is 64.4 Å². The lowest BCUT2D eigenvalue weighted by Crippen LogP contribution is -2.02. The zero-order chi connectivity index (χ0) is 31.6. The molecule has 0 N–H and O–H groups in total. The van der Waals surface area contributed by atoms with Crippen molar-refractivity contribution in [1.82, 2.24) is 19.1 Å². The van der Waals surface area contributed by atoms with Gasteiger partial charge in [0.2, 0.25) is 5.95 Å². The minimum atomic E-state index is 0.648. The Hall–Kier alpha value is -6.52. The van der Waals surface area contributed by atoms with Crippen LogP contribution in [0.4, 0.5) is 0 Å². The molecule has 0 atom stereocenters. The maximum absolute atomic E-state index is 5.26. The standard InChI is InChI=1S/C44H28N4/c1-2-11-29(12-3-1)31-21-23-37-42(28-31)48(41-24-22-30-13-4-5-16-34(30)43(37)41)44-45-26-25-38(46-44)32-14-10-15-33(27-32)47-39-19-8-6-17-35(39)36-18-7-9-20-40(36)47/h1-28H. The average molecular weight is 613 g/mol. The highest BCUT2D eigenvalue weighted by atomic mass is 15.2. The first kappa shape index (κ1) is 26.7. The van der Waals surface area contributed by atoms with E-state index in [1.165, 1.54) is 48.9 Å². The molecule has 0 aliphatic carbocycles. The van der Waals surface area contributed by atoms with Gasteiger partial charge in [-0.15, -0.1) is 0 Å². The summed E-state index contributed by atoms with van der Waals surface area (Å²) in [7, 11) is 0. The molecular weight excluding hydrogens is 585 g/mol. The van der Waals surface area contributed by atoms with E-state index in [-0.39, 0.29) is 0 Å². The number of fused-ring (bicyclic) bond motifs is 8. The zero-order valence-electron chi connectivity index (χ0n) is 26.0. The van der Waals surface area contributed by atoms with Gasteiger partial charge in [0, 0.05) is 39.0 Å². The van der Waals surface area contributed by atoms with Crippen molar-refractivity contribution in [1.29, 1.82) is 0 Å². The number of aromatic nitrogens is 4. The molecule has 0 spiro atoms. The molecule has 0 aliphatic rings. The second-order valence-corrected chi connectivity index (χ2v) is 12.3. The summed E-state index contributed by atoms with van der Waals surface area (Å²) in [4.78, 5) is 10.1. The van der Waals surface area contributed by atoms with Crippen LogP contribution >= 0.6 is 0 Å². The van der Waals surface area contributed by atoms with Gasteiger partial charge in [-0.2, -0.15) is 0 Å². The van der Waals surface area contributed by atoms with Gasteiger partial charge in [-0.1, -0.05) is 121 Å². The van der Waals surface area contributed by atoms with Gasteiger partial charge in [0.15, 0.2) is 0 Å². The smallest absolute Gasteiger partial charge is 0.235 e. The van der Waals surface area contributed by atoms with Crippen LogP contribution in [-0.2, 0) is 0 Å². The Bertz CT molecular complexity index is 2790. The Morgan fingerprint density at radius 3 is 1.92 bits per heavy atom. The van der Waals surface area contributed by atoms with Crippen molar-refractivity contribution in [2.24, 2.45) is 0 Å². The van der Waals surface area contributed by atoms with Gasteiger partial charge < -0.3 is 4.57 Å². The molecule has 0 saturated carbocycles. The van der Waals surface area contributed by atoms with Crippen molar-refractivity contribution in [3.8, 4) is 34.0 Å². The average Bonchev–Trinajstić information content (AvgIpc) is 3.68. The molecule has 0 radical (unpaired) electrons. The van der Waals surface area contributed by atoms with Crippen LogP contribution < -0.4 is 0 Å². The van der Waals surface area contributed by atoms with Crippen molar-refractivity contribution < 1.29 is 0 Å². The molecular formula is C44H28N4. The summed E-state index contributed by atoms with van der Waals surface area (Å²) in [5, 5.41) is 7.33. The molecule has 4 heteroatoms. The van der Waals surface area contributed by atoms with Gasteiger partial charge in [0.05, 0.1) is 27.8 Å². The normalized spacial score (nSPS) is 11.8. The lowest BCUT2D eigenvalue weighted by atomic mass is 10.0. The highest BCUT2D eigenvalue weighted by Gasteiger charge is 2.18. The second kappa shape index (κ2) is 10.5. The van der Waals surface area contributed by atoms with Crippen molar-refractivity contribution in [3.63, 3.8) is 0 Å². The third-order valence-electron chi connectivity index (χ3n) is 9.59. The van der Waals surface area contributed by atoms with Crippen LogP contribution in [0, 0.1) is 0 Å². The van der Waals surface area contributed by atoms with Gasteiger partial charge in [-0.3, -0.25) is 4.57 Å². The molecule has 0 unspecified atom stereocenters. The SMILES string of the molecule is c1ccc(-c2ccc3c4c5ccccc5ccc4n(-c4nccc(-c5cccc(-n6c7ccccc7c7ccccc76)c5)n4)c3c2)cc1. The lowest BCUT2D eigenvalue weighted by molar-refractivity contribution is 0.992. The van der Waals surface area contributed by atoms with E-state index in [1.54, 1.807) is 0 Å². The van der Waals surface area contributed by atoms with Crippen LogP contribution in [0.15, 0.2) is 170 Å². The third-order valence-corrected chi connectivity index (χ3v) is 9.59. The Morgan fingerprint density at radius 1 is 0.396 bits per heavy atom. The fraction of sp³-hybridized carbons (Fsp3) is 0. The minimum Gasteiger partial charge on any atom is -0.309 e. The molecule has 48 heavy (non-hydrogen) atoms. The van der Waals surface area contributed by atoms with Gasteiger partial charge in [-0.25, -0.2) is 9.97 Å². The van der Waals surface area contributed by atoms with E-state index >= 15 is 0 Å². The predicted molar refractivity (Wildman–Crippen MR) is 199 cm³/mol. The zero-order valence-corrected chi connectivity index (χ0v) is 26.0. The van der Waals surface area contributed by atoms with Gasteiger partial charge in [0.1, 0.15) is 0 Å². The molecule has 224 valence electrons. The number of nitrogens with zero attached hydrogens (tertiary/aromatic N) is 4. The van der Waals surface area contributed by atoms with Crippen LogP contribution in [0.5, 0.6) is 0 Å². The van der Waals surface area contributed by atoms with E-state index in [1.807, 2.05) is 12.3 Å². The summed E-state index contributed by atoms with van der Waals surface area (Å²) < 4.78 is 4.57. The molecule has 7 aromatic carbocycles. The number of benzene rings is 7. The van der Waals surface area contributed by atoms with Crippen LogP contribution in [-0.4, -0.2) is 19.1 Å². The highest BCUT2D eigenvalue weighted by Crippen LogP contribution is 2.39. The molecule has 0 bridgehead atoms. The summed E-state index contributed by atoms with van der Waals surface area (Å²) in [6, 6.07) is 58.2. The Kier molecular flexibility index (Phi) is 5.84. The van der Waals surface area contributed by atoms with Crippen molar-refractivity contribution in [2.45, 2.75) is 0 Å². The summed E-state index contributed by atoms with van der Waals surface area (Å²) in [6.07, 6.45) is 1.88. The first-order chi connectivity index (χ1) is 23.8. The van der Waals surface area contributed by atoms with Crippen molar-refractivity contribution in [3.05, 3.63) is 170 Å². The van der Waals surface area contributed by atoms with Crippen LogP contribution in [0.2, 0.25) is 0 Å². The van der Waals surface area contributed by atoms with E-state index in [0.29, 0.717) is 5.95 Å². The third kappa shape index (κ3) is 4.03. The lowest BCUT2D eigenvalue weighted by Gasteiger charge is -2.11. The monoisotopic (exact) mass is 612 g/mol. The van der Waals surface area contributed by atoms with Crippen molar-refractivity contribution >= 4 is 54.4 Å². The summed E-state index contributed by atoms with van der Waals surface area (Å²) in [5.74, 6) is 0.648. The topological polar surface area (TPSA) is 35.6 Å². The van der Waals surface area contributed by atoms with Crippen LogP contribution in [0.1, 0.15) is 0 Å². The summed E-state index contributed by atoms with van der Waals surface area (Å²) in [5.41, 5.74) is 9.89. The fourth-order valence-corrected chi connectivity index (χ4v) is 7.43. The number of para-hydroxylation sites is 2. The molecule has 0 saturated heterocycles. The van der Waals surface area contributed by atoms with Gasteiger partial charge >= 0.3 is 0 Å². The van der Waals surface area contributed by atoms with E-state index < -0.39 is 0 Å². The first-order valence-electron chi connectivity index (χ1n) is 16.3. The molecule has 10 aromatic rings. The predicted octanol–water partition coefficient (Wildman–Crippen LogP) is 11.2. The molecule has 10 rings (SSSR count). The second-order valence-electron chi connectivity index (χ2n) is 12.3. The molecule has 0 fully saturated rings. The molecule has 3 heterocycles. The van der Waals surface area contributed by atoms with Gasteiger partial charge in [0.25, 0.3) is 0 Å². The van der Waals surface area contributed by atoms with E-state index in [4.69, 9.17) is 9.97 Å². The number of rotatable bonds is 4. The quantitative estimate of drug-likeness (QED) is 0.198. The molecule has 3 aromatic heterocycles. The molecule has 0 amide bonds. The Balaban J connectivity index is 1.18. The summed E-state index contributed by atoms with van der Waals surface area (Å²) >= 11 is 0. The minimum absolute atomic E-state index is 0.648. The van der Waals surface area contributed by atoms with Crippen LogP contribution in [0.25, 0.3) is 88.4 Å². The van der Waals surface area contributed by atoms with E-state index in [0.717, 1.165) is 33.5 Å². The van der Waals surface area contributed by atoms with E-state index in [2.05, 4.69) is 167 Å². The summed E-state index contributed by atoms with van der Waals surface area (Å²) in [6.45, 7) is 0. The number of hydrogen-bond acceptors (Lipinski definition) is 2. The first-order valence-corrected chi connectivity index (χ1v) is 16.3. The Labute approximate surface area is 276 Å². The maximum atomic E-state index is 5.26. The van der Waals surface area contributed by atoms with Crippen LogP contribution in [0.3, 0.4) is 0 Å². The van der Waals surface area contributed by atoms with E-state index in [9.17, 15) is 0 Å². The van der Waals surface area contributed by atoms with Crippen molar-refractivity contribution in [2.75, 3.05) is 0 Å². The highest BCUT2D eigenvalue weighted by molar-refractivity contribution is 6.21.